The lowest BCUT2D eigenvalue weighted by atomic mass is 10.1. The summed E-state index contributed by atoms with van der Waals surface area (Å²) in [6, 6.07) is 2.24. The minimum atomic E-state index is 0.420. The molecule has 1 aromatic heterocycles. The Morgan fingerprint density at radius 3 is 2.95 bits per heavy atom. The normalized spacial score (nSPS) is 19.6. The van der Waals surface area contributed by atoms with Crippen molar-refractivity contribution in [2.45, 2.75) is 58.4 Å². The van der Waals surface area contributed by atoms with Crippen LogP contribution in [0, 0.1) is 6.92 Å². The molecule has 0 saturated carbocycles. The summed E-state index contributed by atoms with van der Waals surface area (Å²) in [5, 5.41) is 3.45. The lowest BCUT2D eigenvalue weighted by molar-refractivity contribution is 0.251. The van der Waals surface area contributed by atoms with Crippen molar-refractivity contribution in [2.75, 3.05) is 25.4 Å². The summed E-state index contributed by atoms with van der Waals surface area (Å²) in [5.41, 5.74) is 1.31. The summed E-state index contributed by atoms with van der Waals surface area (Å²) in [6.07, 6.45) is 2.42. The van der Waals surface area contributed by atoms with Crippen LogP contribution in [0.25, 0.3) is 0 Å². The van der Waals surface area contributed by atoms with Crippen LogP contribution in [0.1, 0.15) is 50.7 Å². The summed E-state index contributed by atoms with van der Waals surface area (Å²) in [4.78, 5) is 2.53. The van der Waals surface area contributed by atoms with Crippen molar-refractivity contribution in [1.82, 2.24) is 10.2 Å². The first-order valence-corrected chi connectivity index (χ1v) is 9.14. The highest BCUT2D eigenvalue weighted by Crippen LogP contribution is 2.31. The Morgan fingerprint density at radius 1 is 1.38 bits per heavy atom. The van der Waals surface area contributed by atoms with Gasteiger partial charge in [0.05, 0.1) is 6.54 Å². The minimum Gasteiger partial charge on any atom is -0.465 e. The molecule has 0 radical (unpaired) electrons. The Morgan fingerprint density at radius 2 is 2.19 bits per heavy atom. The zero-order valence-electron chi connectivity index (χ0n) is 14.0. The summed E-state index contributed by atoms with van der Waals surface area (Å²) in [5.74, 6) is 3.40. The lowest BCUT2D eigenvalue weighted by Crippen LogP contribution is -2.26. The third-order valence-corrected chi connectivity index (χ3v) is 5.50. The van der Waals surface area contributed by atoms with Crippen LogP contribution in [-0.4, -0.2) is 35.0 Å². The molecule has 0 spiro atoms. The molecule has 1 aromatic rings. The molecule has 0 aromatic carbocycles. The van der Waals surface area contributed by atoms with E-state index < -0.39 is 0 Å². The summed E-state index contributed by atoms with van der Waals surface area (Å²) in [7, 11) is 0. The van der Waals surface area contributed by atoms with Crippen molar-refractivity contribution < 1.29 is 4.42 Å². The average molecular weight is 311 g/mol. The molecule has 0 bridgehead atoms. The van der Waals surface area contributed by atoms with E-state index in [1.165, 1.54) is 30.7 Å². The minimum absolute atomic E-state index is 0.420. The molecule has 3 nitrogen and oxygen atoms in total. The zero-order valence-corrected chi connectivity index (χ0v) is 14.8. The van der Waals surface area contributed by atoms with Crippen LogP contribution in [0.3, 0.4) is 0 Å². The molecule has 1 aliphatic heterocycles. The largest absolute Gasteiger partial charge is 0.465 e. The van der Waals surface area contributed by atoms with E-state index in [1.54, 1.807) is 0 Å². The van der Waals surface area contributed by atoms with Crippen LogP contribution in [0.2, 0.25) is 0 Å². The van der Waals surface area contributed by atoms with Crippen LogP contribution >= 0.6 is 11.8 Å². The fraction of sp³-hybridized carbons (Fsp3) is 0.765. The van der Waals surface area contributed by atoms with Gasteiger partial charge in [0.2, 0.25) is 0 Å². The highest BCUT2D eigenvalue weighted by molar-refractivity contribution is 8.00. The van der Waals surface area contributed by atoms with E-state index in [-0.39, 0.29) is 0 Å². The van der Waals surface area contributed by atoms with Crippen LogP contribution < -0.4 is 5.32 Å². The van der Waals surface area contributed by atoms with E-state index in [1.807, 2.05) is 0 Å². The third-order valence-electron chi connectivity index (χ3n) is 4.12. The Balaban J connectivity index is 1.89. The Labute approximate surface area is 133 Å². The molecule has 1 aliphatic rings. The number of nitrogens with one attached hydrogen (secondary N) is 1. The summed E-state index contributed by atoms with van der Waals surface area (Å²) < 4.78 is 6.37. The van der Waals surface area contributed by atoms with E-state index >= 15 is 0 Å². The number of nitrogens with zero attached hydrogens (tertiary/aromatic N) is 1. The second kappa shape index (κ2) is 7.70. The van der Waals surface area contributed by atoms with Gasteiger partial charge in [-0.1, -0.05) is 20.8 Å². The van der Waals surface area contributed by atoms with Gasteiger partial charge in [0.25, 0.3) is 0 Å². The van der Waals surface area contributed by atoms with Crippen LogP contribution in [-0.2, 0) is 13.1 Å². The van der Waals surface area contributed by atoms with E-state index in [0.717, 1.165) is 37.7 Å². The van der Waals surface area contributed by atoms with Crippen molar-refractivity contribution in [3.63, 3.8) is 0 Å². The number of hydrogen-bond donors (Lipinski definition) is 1. The summed E-state index contributed by atoms with van der Waals surface area (Å²) in [6.45, 7) is 14.3. The quantitative estimate of drug-likeness (QED) is 0.809. The topological polar surface area (TPSA) is 28.4 Å². The van der Waals surface area contributed by atoms with E-state index in [9.17, 15) is 0 Å². The van der Waals surface area contributed by atoms with Crippen molar-refractivity contribution in [1.29, 1.82) is 0 Å². The Kier molecular flexibility index (Phi) is 6.20. The van der Waals surface area contributed by atoms with Gasteiger partial charge in [0.1, 0.15) is 11.5 Å². The van der Waals surface area contributed by atoms with Crippen molar-refractivity contribution in [3.05, 3.63) is 23.2 Å². The molecular weight excluding hydrogens is 280 g/mol. The number of hydrogen-bond acceptors (Lipinski definition) is 4. The highest BCUT2D eigenvalue weighted by atomic mass is 32.2. The predicted molar refractivity (Wildman–Crippen MR) is 91.9 cm³/mol. The highest BCUT2D eigenvalue weighted by Gasteiger charge is 2.24. The predicted octanol–water partition coefficient (Wildman–Crippen LogP) is 3.81. The molecule has 0 amide bonds. The van der Waals surface area contributed by atoms with Crippen molar-refractivity contribution >= 4 is 11.8 Å². The monoisotopic (exact) mass is 310 g/mol. The van der Waals surface area contributed by atoms with E-state index in [2.05, 4.69) is 55.7 Å². The Hall–Kier alpha value is -0.450. The molecule has 2 rings (SSSR count). The van der Waals surface area contributed by atoms with E-state index in [0.29, 0.717) is 4.75 Å². The molecule has 0 unspecified atom stereocenters. The number of thioether (sulfide) groups is 1. The van der Waals surface area contributed by atoms with Gasteiger partial charge >= 0.3 is 0 Å². The van der Waals surface area contributed by atoms with Gasteiger partial charge in [-0.2, -0.15) is 11.8 Å². The molecule has 21 heavy (non-hydrogen) atoms. The van der Waals surface area contributed by atoms with Gasteiger partial charge in [-0.3, -0.25) is 4.90 Å². The van der Waals surface area contributed by atoms with Crippen LogP contribution in [0.4, 0.5) is 0 Å². The fourth-order valence-corrected chi connectivity index (χ4v) is 3.82. The summed E-state index contributed by atoms with van der Waals surface area (Å²) >= 11 is 2.10. The molecule has 1 saturated heterocycles. The second-order valence-corrected chi connectivity index (χ2v) is 8.41. The molecule has 1 N–H and O–H groups in total. The standard InChI is InChI=1S/C17H30N2OS/c1-5-7-18-12-15-11-16(20-14(15)2)13-19-8-6-17(3,4)21-10-9-19/h11,18H,5-10,12-13H2,1-4H3. The first kappa shape index (κ1) is 16.9. The third kappa shape index (κ3) is 5.35. The number of aryl methyl sites for hydroxylation is 1. The van der Waals surface area contributed by atoms with Crippen LogP contribution in [0.5, 0.6) is 0 Å². The molecule has 0 aliphatic carbocycles. The van der Waals surface area contributed by atoms with E-state index in [4.69, 9.17) is 4.42 Å². The smallest absolute Gasteiger partial charge is 0.118 e. The SMILES string of the molecule is CCCNCc1cc(CN2CCSC(C)(C)CC2)oc1C. The second-order valence-electron chi connectivity index (χ2n) is 6.61. The molecule has 1 fully saturated rings. The number of rotatable bonds is 6. The fourth-order valence-electron chi connectivity index (χ4n) is 2.68. The number of furan rings is 1. The molecular formula is C17H30N2OS. The maximum absolute atomic E-state index is 5.95. The van der Waals surface area contributed by atoms with Gasteiger partial charge in [-0.05, 0) is 38.9 Å². The molecule has 4 heteroatoms. The zero-order chi connectivity index (χ0) is 15.3. The Bertz CT molecular complexity index is 442. The molecule has 0 atom stereocenters. The van der Waals surface area contributed by atoms with Crippen LogP contribution in [0.15, 0.2) is 10.5 Å². The lowest BCUT2D eigenvalue weighted by Gasteiger charge is -2.22. The van der Waals surface area contributed by atoms with Gasteiger partial charge in [0, 0.05) is 29.2 Å². The van der Waals surface area contributed by atoms with Gasteiger partial charge in [-0.15, -0.1) is 0 Å². The average Bonchev–Trinajstić information content (AvgIpc) is 2.66. The van der Waals surface area contributed by atoms with Gasteiger partial charge in [0.15, 0.2) is 0 Å². The van der Waals surface area contributed by atoms with Crippen molar-refractivity contribution in [3.8, 4) is 0 Å². The first-order valence-electron chi connectivity index (χ1n) is 8.15. The maximum atomic E-state index is 5.95. The van der Waals surface area contributed by atoms with Gasteiger partial charge < -0.3 is 9.73 Å². The van der Waals surface area contributed by atoms with Crippen molar-refractivity contribution in [2.24, 2.45) is 0 Å². The maximum Gasteiger partial charge on any atom is 0.118 e. The van der Waals surface area contributed by atoms with Gasteiger partial charge in [-0.25, -0.2) is 0 Å². The molecule has 120 valence electrons. The first-order chi connectivity index (χ1) is 10.00. The molecule has 2 heterocycles.